The van der Waals surface area contributed by atoms with Crippen LogP contribution in [0.25, 0.3) is 0 Å². The molecule has 4 nitrogen and oxygen atoms in total. The molecule has 0 radical (unpaired) electrons. The second-order valence-electron chi connectivity index (χ2n) is 5.19. The summed E-state index contributed by atoms with van der Waals surface area (Å²) in [5.74, 6) is 0. The van der Waals surface area contributed by atoms with Crippen molar-refractivity contribution < 1.29 is 9.53 Å². The minimum atomic E-state index is -0.386. The highest BCUT2D eigenvalue weighted by molar-refractivity contribution is 5.68. The number of hydrogen-bond acceptors (Lipinski definition) is 3. The van der Waals surface area contributed by atoms with Crippen LogP contribution in [0.1, 0.15) is 27.7 Å². The Labute approximate surface area is 85.2 Å². The molecule has 0 aliphatic heterocycles. The number of carbonyl (C=O) groups excluding carboxylic acids is 1. The van der Waals surface area contributed by atoms with Gasteiger partial charge in [0.25, 0.3) is 0 Å². The molecule has 1 aliphatic carbocycles. The average molecular weight is 200 g/mol. The molecule has 14 heavy (non-hydrogen) atoms. The van der Waals surface area contributed by atoms with E-state index in [1.165, 1.54) is 7.11 Å². The third-order valence-corrected chi connectivity index (χ3v) is 3.54. The average Bonchev–Trinajstić information content (AvgIpc) is 2.11. The van der Waals surface area contributed by atoms with Crippen molar-refractivity contribution in [1.82, 2.24) is 5.32 Å². The van der Waals surface area contributed by atoms with Crippen LogP contribution in [0.5, 0.6) is 0 Å². The molecule has 0 spiro atoms. The van der Waals surface area contributed by atoms with E-state index in [2.05, 4.69) is 37.7 Å². The van der Waals surface area contributed by atoms with Crippen molar-refractivity contribution in [2.45, 2.75) is 39.8 Å². The first kappa shape index (κ1) is 11.3. The van der Waals surface area contributed by atoms with Gasteiger partial charge in [-0.3, -0.25) is 0 Å². The number of nitrogens with two attached hydrogens (primary N) is 1. The van der Waals surface area contributed by atoms with Gasteiger partial charge in [0, 0.05) is 22.9 Å². The Kier molecular flexibility index (Phi) is 2.52. The molecule has 1 saturated carbocycles. The fourth-order valence-corrected chi connectivity index (χ4v) is 2.73. The number of hydrogen-bond donors (Lipinski definition) is 2. The highest BCUT2D eigenvalue weighted by atomic mass is 16.5. The lowest BCUT2D eigenvalue weighted by atomic mass is 9.48. The van der Waals surface area contributed by atoms with E-state index in [1.807, 2.05) is 0 Å². The fourth-order valence-electron chi connectivity index (χ4n) is 2.73. The van der Waals surface area contributed by atoms with Gasteiger partial charge in [-0.25, -0.2) is 4.79 Å². The van der Waals surface area contributed by atoms with Crippen molar-refractivity contribution in [3.63, 3.8) is 0 Å². The second-order valence-corrected chi connectivity index (χ2v) is 5.19. The van der Waals surface area contributed by atoms with Gasteiger partial charge < -0.3 is 15.8 Å². The number of ether oxygens (including phenoxy) is 1. The normalized spacial score (nSPS) is 33.0. The SMILES string of the molecule is COC(=O)NC1C(C)(C)C(N)C1(C)C. The van der Waals surface area contributed by atoms with Crippen LogP contribution in [-0.2, 0) is 4.74 Å². The molecule has 0 atom stereocenters. The van der Waals surface area contributed by atoms with E-state index in [4.69, 9.17) is 5.73 Å². The van der Waals surface area contributed by atoms with Gasteiger partial charge in [0.2, 0.25) is 0 Å². The molecule has 0 bridgehead atoms. The molecule has 1 amide bonds. The maximum Gasteiger partial charge on any atom is 0.407 e. The predicted molar refractivity (Wildman–Crippen MR) is 54.9 cm³/mol. The number of methoxy groups -OCH3 is 1. The van der Waals surface area contributed by atoms with Crippen molar-refractivity contribution in [3.05, 3.63) is 0 Å². The molecule has 1 fully saturated rings. The van der Waals surface area contributed by atoms with Gasteiger partial charge in [0.15, 0.2) is 0 Å². The Hall–Kier alpha value is -0.770. The second kappa shape index (κ2) is 3.12. The molecule has 1 aliphatic rings. The Morgan fingerprint density at radius 3 is 2.07 bits per heavy atom. The molecule has 0 aromatic heterocycles. The van der Waals surface area contributed by atoms with Gasteiger partial charge in [-0.2, -0.15) is 0 Å². The largest absolute Gasteiger partial charge is 0.453 e. The molecule has 0 heterocycles. The van der Waals surface area contributed by atoms with Gasteiger partial charge in [0.1, 0.15) is 0 Å². The Bertz CT molecular complexity index is 233. The van der Waals surface area contributed by atoms with Crippen LogP contribution >= 0.6 is 0 Å². The van der Waals surface area contributed by atoms with Gasteiger partial charge >= 0.3 is 6.09 Å². The maximum atomic E-state index is 11.1. The summed E-state index contributed by atoms with van der Waals surface area (Å²) in [6, 6.07) is 0.162. The molecule has 0 aromatic carbocycles. The van der Waals surface area contributed by atoms with Crippen molar-refractivity contribution in [1.29, 1.82) is 0 Å². The van der Waals surface area contributed by atoms with Gasteiger partial charge in [-0.05, 0) is 0 Å². The van der Waals surface area contributed by atoms with E-state index in [0.717, 1.165) is 0 Å². The summed E-state index contributed by atoms with van der Waals surface area (Å²) in [6.07, 6.45) is -0.386. The quantitative estimate of drug-likeness (QED) is 0.666. The van der Waals surface area contributed by atoms with Crippen molar-refractivity contribution >= 4 is 6.09 Å². The van der Waals surface area contributed by atoms with Gasteiger partial charge in [-0.1, -0.05) is 27.7 Å². The molecule has 0 saturated heterocycles. The first-order valence-corrected chi connectivity index (χ1v) is 4.84. The molecular weight excluding hydrogens is 180 g/mol. The summed E-state index contributed by atoms with van der Waals surface area (Å²) in [6.45, 7) is 8.24. The van der Waals surface area contributed by atoms with Crippen molar-refractivity contribution in [2.24, 2.45) is 16.6 Å². The first-order chi connectivity index (χ1) is 6.24. The number of nitrogens with one attached hydrogen (secondary N) is 1. The van der Waals surface area contributed by atoms with Gasteiger partial charge in [0.05, 0.1) is 7.11 Å². The van der Waals surface area contributed by atoms with Crippen molar-refractivity contribution in [2.75, 3.05) is 7.11 Å². The summed E-state index contributed by atoms with van der Waals surface area (Å²) in [5.41, 5.74) is 5.91. The summed E-state index contributed by atoms with van der Waals surface area (Å²) in [7, 11) is 1.37. The van der Waals surface area contributed by atoms with E-state index in [1.54, 1.807) is 0 Å². The molecular formula is C10H20N2O2. The van der Waals surface area contributed by atoms with E-state index < -0.39 is 0 Å². The maximum absolute atomic E-state index is 11.1. The Morgan fingerprint density at radius 2 is 1.71 bits per heavy atom. The Balaban J connectivity index is 2.73. The summed E-state index contributed by atoms with van der Waals surface area (Å²) >= 11 is 0. The van der Waals surface area contributed by atoms with E-state index in [0.29, 0.717) is 0 Å². The number of carbonyl (C=O) groups is 1. The number of amides is 1. The van der Waals surface area contributed by atoms with Crippen molar-refractivity contribution in [3.8, 4) is 0 Å². The first-order valence-electron chi connectivity index (χ1n) is 4.84. The zero-order valence-electron chi connectivity index (χ0n) is 9.55. The van der Waals surface area contributed by atoms with Crippen LogP contribution in [0.4, 0.5) is 4.79 Å². The van der Waals surface area contributed by atoms with Crippen LogP contribution in [0.3, 0.4) is 0 Å². The summed E-state index contributed by atoms with van der Waals surface area (Å²) < 4.78 is 4.59. The van der Waals surface area contributed by atoms with Crippen LogP contribution in [0.15, 0.2) is 0 Å². The Morgan fingerprint density at radius 1 is 1.29 bits per heavy atom. The molecule has 0 unspecified atom stereocenters. The van der Waals surface area contributed by atoms with E-state index in [9.17, 15) is 4.79 Å². The smallest absolute Gasteiger partial charge is 0.407 e. The third kappa shape index (κ3) is 1.38. The molecule has 4 heteroatoms. The predicted octanol–water partition coefficient (Wildman–Crippen LogP) is 1.10. The third-order valence-electron chi connectivity index (χ3n) is 3.54. The standard InChI is InChI=1S/C10H20N2O2/c1-9(2)6(11)10(3,4)7(9)12-8(13)14-5/h6-7H,11H2,1-5H3,(H,12,13). The van der Waals surface area contributed by atoms with Crippen LogP contribution < -0.4 is 11.1 Å². The minimum Gasteiger partial charge on any atom is -0.453 e. The lowest BCUT2D eigenvalue weighted by Gasteiger charge is -2.62. The lowest BCUT2D eigenvalue weighted by Crippen LogP contribution is -2.76. The van der Waals surface area contributed by atoms with E-state index >= 15 is 0 Å². The summed E-state index contributed by atoms with van der Waals surface area (Å²) in [5, 5.41) is 2.84. The lowest BCUT2D eigenvalue weighted by molar-refractivity contribution is -0.0680. The van der Waals surface area contributed by atoms with E-state index in [-0.39, 0.29) is 29.0 Å². The topological polar surface area (TPSA) is 64.3 Å². The highest BCUT2D eigenvalue weighted by Gasteiger charge is 2.60. The summed E-state index contributed by atoms with van der Waals surface area (Å²) in [4.78, 5) is 11.1. The molecule has 1 rings (SSSR count). The minimum absolute atomic E-state index is 0.0671. The van der Waals surface area contributed by atoms with Crippen LogP contribution in [0, 0.1) is 10.8 Å². The number of alkyl carbamates (subject to hydrolysis) is 1. The van der Waals surface area contributed by atoms with Crippen LogP contribution in [-0.4, -0.2) is 25.3 Å². The zero-order valence-corrected chi connectivity index (χ0v) is 9.55. The molecule has 0 aromatic rings. The zero-order chi connectivity index (χ0) is 11.1. The van der Waals surface area contributed by atoms with Crippen LogP contribution in [0.2, 0.25) is 0 Å². The molecule has 82 valence electrons. The fraction of sp³-hybridized carbons (Fsp3) is 0.900. The monoisotopic (exact) mass is 200 g/mol. The van der Waals surface area contributed by atoms with Gasteiger partial charge in [-0.15, -0.1) is 0 Å². The molecule has 3 N–H and O–H groups in total. The number of rotatable bonds is 1. The highest BCUT2D eigenvalue weighted by Crippen LogP contribution is 2.52.